The summed E-state index contributed by atoms with van der Waals surface area (Å²) in [7, 11) is 0. The molecule has 0 radical (unpaired) electrons. The van der Waals surface area contributed by atoms with Crippen LogP contribution in [0.2, 0.25) is 0 Å². The van der Waals surface area contributed by atoms with Gasteiger partial charge in [-0.3, -0.25) is 0 Å². The third kappa shape index (κ3) is 2.52. The van der Waals surface area contributed by atoms with E-state index >= 15 is 0 Å². The zero-order chi connectivity index (χ0) is 14.0. The van der Waals surface area contributed by atoms with Gasteiger partial charge in [0.15, 0.2) is 0 Å². The van der Waals surface area contributed by atoms with E-state index in [0.29, 0.717) is 11.3 Å². The topological polar surface area (TPSA) is 20.2 Å². The largest absolute Gasteiger partial charge is 0.395 e. The van der Waals surface area contributed by atoms with Crippen LogP contribution in [-0.4, -0.2) is 11.7 Å². The van der Waals surface area contributed by atoms with Crippen molar-refractivity contribution in [1.29, 1.82) is 0 Å². The molecule has 0 aliphatic heterocycles. The average molecular weight is 252 g/mol. The van der Waals surface area contributed by atoms with Crippen molar-refractivity contribution in [1.82, 2.24) is 0 Å². The first-order valence-corrected chi connectivity index (χ1v) is 7.62. The van der Waals surface area contributed by atoms with E-state index in [1.165, 1.54) is 31.3 Å². The van der Waals surface area contributed by atoms with E-state index in [1.807, 2.05) is 0 Å². The van der Waals surface area contributed by atoms with Crippen molar-refractivity contribution in [3.05, 3.63) is 12.2 Å². The van der Waals surface area contributed by atoms with Gasteiger partial charge in [-0.25, -0.2) is 0 Å². The molecule has 1 rings (SSSR count). The summed E-state index contributed by atoms with van der Waals surface area (Å²) < 4.78 is 0. The van der Waals surface area contributed by atoms with Gasteiger partial charge in [0.05, 0.1) is 6.61 Å². The van der Waals surface area contributed by atoms with Crippen molar-refractivity contribution >= 4 is 0 Å². The normalized spacial score (nSPS) is 38.8. The van der Waals surface area contributed by atoms with Crippen LogP contribution in [0, 0.1) is 22.7 Å². The highest BCUT2D eigenvalue weighted by molar-refractivity contribution is 5.18. The fourth-order valence-corrected chi connectivity index (χ4v) is 3.72. The Morgan fingerprint density at radius 3 is 2.56 bits per heavy atom. The van der Waals surface area contributed by atoms with Gasteiger partial charge in [0.25, 0.3) is 0 Å². The molecule has 4 unspecified atom stereocenters. The first-order valence-electron chi connectivity index (χ1n) is 7.62. The Labute approximate surface area is 114 Å². The van der Waals surface area contributed by atoms with E-state index < -0.39 is 0 Å². The number of aliphatic hydroxyl groups is 1. The van der Waals surface area contributed by atoms with Gasteiger partial charge in [0.1, 0.15) is 0 Å². The first kappa shape index (κ1) is 15.8. The quantitative estimate of drug-likeness (QED) is 0.697. The molecule has 1 heteroatoms. The lowest BCUT2D eigenvalue weighted by Crippen LogP contribution is -2.48. The predicted molar refractivity (Wildman–Crippen MR) is 79.5 cm³/mol. The van der Waals surface area contributed by atoms with E-state index in [2.05, 4.69) is 41.2 Å². The van der Waals surface area contributed by atoms with Gasteiger partial charge in [-0.15, -0.1) is 0 Å². The molecule has 0 aromatic carbocycles. The van der Waals surface area contributed by atoms with Crippen molar-refractivity contribution in [2.45, 2.75) is 66.7 Å². The second-order valence-electron chi connectivity index (χ2n) is 6.95. The molecule has 1 saturated carbocycles. The van der Waals surface area contributed by atoms with E-state index in [0.717, 1.165) is 12.3 Å². The summed E-state index contributed by atoms with van der Waals surface area (Å²) in [6.45, 7) is 16.1. The molecule has 1 N–H and O–H groups in total. The van der Waals surface area contributed by atoms with Crippen LogP contribution in [-0.2, 0) is 0 Å². The maximum atomic E-state index is 9.82. The Kier molecular flexibility index (Phi) is 5.05. The fraction of sp³-hybridized carbons (Fsp3) is 0.882. The summed E-state index contributed by atoms with van der Waals surface area (Å²) in [6, 6.07) is 0. The Bertz CT molecular complexity index is 296. The SMILES string of the molecule is C=C1CCC(C)(C(C)CCCC)C(C)C1(C)CO. The van der Waals surface area contributed by atoms with E-state index in [9.17, 15) is 5.11 Å². The highest BCUT2D eigenvalue weighted by atomic mass is 16.3. The molecule has 18 heavy (non-hydrogen) atoms. The molecule has 0 spiro atoms. The smallest absolute Gasteiger partial charge is 0.0524 e. The van der Waals surface area contributed by atoms with Gasteiger partial charge < -0.3 is 5.11 Å². The lowest BCUT2D eigenvalue weighted by atomic mass is 9.51. The number of hydrogen-bond acceptors (Lipinski definition) is 1. The molecule has 0 heterocycles. The van der Waals surface area contributed by atoms with E-state index in [4.69, 9.17) is 0 Å². The third-order valence-electron chi connectivity index (χ3n) is 6.16. The molecule has 0 aromatic heterocycles. The van der Waals surface area contributed by atoms with Crippen molar-refractivity contribution in [3.63, 3.8) is 0 Å². The Hall–Kier alpha value is -0.300. The average Bonchev–Trinajstić information content (AvgIpc) is 2.38. The van der Waals surface area contributed by atoms with Crippen molar-refractivity contribution in [2.75, 3.05) is 6.61 Å². The monoisotopic (exact) mass is 252 g/mol. The van der Waals surface area contributed by atoms with Crippen LogP contribution < -0.4 is 0 Å². The molecule has 106 valence electrons. The molecular formula is C17H32O. The van der Waals surface area contributed by atoms with Crippen LogP contribution in [0.25, 0.3) is 0 Å². The summed E-state index contributed by atoms with van der Waals surface area (Å²) in [5.41, 5.74) is 1.50. The second kappa shape index (κ2) is 5.77. The third-order valence-corrected chi connectivity index (χ3v) is 6.16. The van der Waals surface area contributed by atoms with Gasteiger partial charge in [0, 0.05) is 5.41 Å². The lowest BCUT2D eigenvalue weighted by molar-refractivity contribution is -0.0299. The minimum Gasteiger partial charge on any atom is -0.395 e. The summed E-state index contributed by atoms with van der Waals surface area (Å²) in [4.78, 5) is 0. The molecule has 0 aromatic rings. The van der Waals surface area contributed by atoms with Gasteiger partial charge in [-0.05, 0) is 30.1 Å². The molecule has 1 nitrogen and oxygen atoms in total. The molecule has 0 bridgehead atoms. The Balaban J connectivity index is 2.92. The minimum absolute atomic E-state index is 0.0898. The summed E-state index contributed by atoms with van der Waals surface area (Å²) in [5.74, 6) is 1.23. The molecule has 4 atom stereocenters. The minimum atomic E-state index is -0.0898. The van der Waals surface area contributed by atoms with Crippen molar-refractivity contribution in [3.8, 4) is 0 Å². The van der Waals surface area contributed by atoms with Crippen LogP contribution in [0.5, 0.6) is 0 Å². The van der Waals surface area contributed by atoms with Gasteiger partial charge in [-0.1, -0.05) is 66.0 Å². The zero-order valence-corrected chi connectivity index (χ0v) is 13.1. The number of unbranched alkanes of at least 4 members (excludes halogenated alkanes) is 1. The maximum absolute atomic E-state index is 9.82. The molecule has 1 fully saturated rings. The summed E-state index contributed by atoms with van der Waals surface area (Å²) in [5, 5.41) is 9.82. The molecule has 1 aliphatic rings. The second-order valence-corrected chi connectivity index (χ2v) is 6.95. The first-order chi connectivity index (χ1) is 8.32. The lowest BCUT2D eigenvalue weighted by Gasteiger charge is -2.54. The highest BCUT2D eigenvalue weighted by Crippen LogP contribution is 2.56. The van der Waals surface area contributed by atoms with Crippen LogP contribution in [0.4, 0.5) is 0 Å². The Morgan fingerprint density at radius 2 is 2.06 bits per heavy atom. The summed E-state index contributed by atoms with van der Waals surface area (Å²) >= 11 is 0. The Morgan fingerprint density at radius 1 is 1.44 bits per heavy atom. The zero-order valence-electron chi connectivity index (χ0n) is 13.1. The predicted octanol–water partition coefficient (Wildman–Crippen LogP) is 4.80. The van der Waals surface area contributed by atoms with Crippen LogP contribution in [0.1, 0.15) is 66.7 Å². The van der Waals surface area contributed by atoms with Crippen LogP contribution >= 0.6 is 0 Å². The fourth-order valence-electron chi connectivity index (χ4n) is 3.72. The van der Waals surface area contributed by atoms with Gasteiger partial charge in [0.2, 0.25) is 0 Å². The number of aliphatic hydroxyl groups excluding tert-OH is 1. The van der Waals surface area contributed by atoms with Crippen molar-refractivity contribution < 1.29 is 5.11 Å². The van der Waals surface area contributed by atoms with Gasteiger partial charge >= 0.3 is 0 Å². The van der Waals surface area contributed by atoms with Crippen LogP contribution in [0.3, 0.4) is 0 Å². The number of rotatable bonds is 5. The van der Waals surface area contributed by atoms with E-state index in [1.54, 1.807) is 0 Å². The number of hydrogen-bond donors (Lipinski definition) is 1. The standard InChI is InChI=1S/C17H32O/c1-7-8-9-13(2)16(5)11-10-14(3)17(6,12-18)15(16)4/h13,15,18H,3,7-12H2,1-2,4-6H3. The molecule has 0 saturated heterocycles. The van der Waals surface area contributed by atoms with Gasteiger partial charge in [-0.2, -0.15) is 0 Å². The van der Waals surface area contributed by atoms with Crippen molar-refractivity contribution in [2.24, 2.45) is 22.7 Å². The van der Waals surface area contributed by atoms with Crippen LogP contribution in [0.15, 0.2) is 12.2 Å². The molecule has 1 aliphatic carbocycles. The molecule has 0 amide bonds. The highest BCUT2D eigenvalue weighted by Gasteiger charge is 2.49. The molecular weight excluding hydrogens is 220 g/mol. The van der Waals surface area contributed by atoms with E-state index in [-0.39, 0.29) is 12.0 Å². The maximum Gasteiger partial charge on any atom is 0.0524 e. The summed E-state index contributed by atoms with van der Waals surface area (Å²) in [6.07, 6.45) is 6.21.